The fourth-order valence-corrected chi connectivity index (χ4v) is 1.47. The molecule has 0 bridgehead atoms. The molecule has 0 amide bonds. The zero-order valence-corrected chi connectivity index (χ0v) is 9.33. The van der Waals surface area contributed by atoms with E-state index in [1.54, 1.807) is 0 Å². The zero-order chi connectivity index (χ0) is 11.1. The van der Waals surface area contributed by atoms with Crippen molar-refractivity contribution in [2.45, 2.75) is 39.0 Å². The number of carbonyl (C=O) groups excluding carboxylic acids is 1. The Morgan fingerprint density at radius 1 is 1.20 bits per heavy atom. The molecule has 0 spiro atoms. The lowest BCUT2D eigenvalue weighted by Crippen LogP contribution is -1.99. The summed E-state index contributed by atoms with van der Waals surface area (Å²) in [6.45, 7) is 2.10. The van der Waals surface area contributed by atoms with Crippen molar-refractivity contribution >= 4 is 11.5 Å². The van der Waals surface area contributed by atoms with Crippen LogP contribution in [0.2, 0.25) is 0 Å². The van der Waals surface area contributed by atoms with Gasteiger partial charge in [0.1, 0.15) is 5.78 Å². The van der Waals surface area contributed by atoms with E-state index < -0.39 is 0 Å². The van der Waals surface area contributed by atoms with Gasteiger partial charge in [0.05, 0.1) is 0 Å². The Bertz CT molecular complexity index is 303. The maximum atomic E-state index is 11.4. The first-order valence-corrected chi connectivity index (χ1v) is 5.58. The average Bonchev–Trinajstić information content (AvgIpc) is 2.25. The minimum Gasteiger partial charge on any atom is -0.399 e. The molecule has 0 atom stereocenters. The van der Waals surface area contributed by atoms with Crippen molar-refractivity contribution in [2.24, 2.45) is 0 Å². The van der Waals surface area contributed by atoms with E-state index in [4.69, 9.17) is 5.73 Å². The Hall–Kier alpha value is -1.31. The smallest absolute Gasteiger partial charge is 0.133 e. The van der Waals surface area contributed by atoms with Crippen molar-refractivity contribution in [1.82, 2.24) is 0 Å². The van der Waals surface area contributed by atoms with E-state index in [1.807, 2.05) is 24.3 Å². The second-order valence-electron chi connectivity index (χ2n) is 3.88. The van der Waals surface area contributed by atoms with Crippen LogP contribution in [0.25, 0.3) is 0 Å². The van der Waals surface area contributed by atoms with Gasteiger partial charge in [-0.15, -0.1) is 0 Å². The quantitative estimate of drug-likeness (QED) is 0.725. The lowest BCUT2D eigenvalue weighted by molar-refractivity contribution is -0.119. The molecule has 0 aromatic heterocycles. The van der Waals surface area contributed by atoms with Crippen LogP contribution in [0.3, 0.4) is 0 Å². The van der Waals surface area contributed by atoms with Crippen molar-refractivity contribution in [3.05, 3.63) is 29.8 Å². The first kappa shape index (κ1) is 11.8. The molecule has 2 nitrogen and oxygen atoms in total. The number of unbranched alkanes of at least 4 members (excludes halogenated alkanes) is 1. The van der Waals surface area contributed by atoms with Gasteiger partial charge in [-0.2, -0.15) is 0 Å². The highest BCUT2D eigenvalue weighted by atomic mass is 16.1. The van der Waals surface area contributed by atoms with Gasteiger partial charge in [-0.1, -0.05) is 25.5 Å². The Labute approximate surface area is 91.5 Å². The van der Waals surface area contributed by atoms with E-state index >= 15 is 0 Å². The number of hydrogen-bond acceptors (Lipinski definition) is 2. The lowest BCUT2D eigenvalue weighted by Gasteiger charge is -2.01. The third kappa shape index (κ3) is 4.63. The summed E-state index contributed by atoms with van der Waals surface area (Å²) in [6.07, 6.45) is 4.33. The van der Waals surface area contributed by atoms with Gasteiger partial charge in [0, 0.05) is 18.5 Å². The maximum Gasteiger partial charge on any atom is 0.133 e. The monoisotopic (exact) mass is 205 g/mol. The molecule has 0 aliphatic carbocycles. The van der Waals surface area contributed by atoms with Crippen LogP contribution in [0.1, 0.15) is 38.2 Å². The Morgan fingerprint density at radius 3 is 2.47 bits per heavy atom. The van der Waals surface area contributed by atoms with Gasteiger partial charge in [-0.05, 0) is 30.5 Å². The van der Waals surface area contributed by atoms with Crippen LogP contribution < -0.4 is 5.73 Å². The number of benzene rings is 1. The van der Waals surface area contributed by atoms with Gasteiger partial charge in [0.25, 0.3) is 0 Å². The highest BCUT2D eigenvalue weighted by Gasteiger charge is 2.01. The molecule has 2 N–H and O–H groups in total. The normalized spacial score (nSPS) is 10.2. The molecule has 0 aliphatic heterocycles. The number of aryl methyl sites for hydroxylation is 1. The number of nitrogens with two attached hydrogens (primary N) is 1. The summed E-state index contributed by atoms with van der Waals surface area (Å²) in [4.78, 5) is 11.4. The number of nitrogen functional groups attached to an aromatic ring is 1. The third-order valence-corrected chi connectivity index (χ3v) is 2.48. The van der Waals surface area contributed by atoms with Crippen molar-refractivity contribution in [3.8, 4) is 0 Å². The summed E-state index contributed by atoms with van der Waals surface area (Å²) < 4.78 is 0. The summed E-state index contributed by atoms with van der Waals surface area (Å²) >= 11 is 0. The van der Waals surface area contributed by atoms with Crippen molar-refractivity contribution in [1.29, 1.82) is 0 Å². The van der Waals surface area contributed by atoms with Crippen LogP contribution in [0.15, 0.2) is 24.3 Å². The van der Waals surface area contributed by atoms with Gasteiger partial charge in [-0.3, -0.25) is 4.79 Å². The summed E-state index contributed by atoms with van der Waals surface area (Å²) in [5.41, 5.74) is 7.54. The van der Waals surface area contributed by atoms with Crippen molar-refractivity contribution in [2.75, 3.05) is 5.73 Å². The first-order chi connectivity index (χ1) is 7.22. The van der Waals surface area contributed by atoms with Crippen LogP contribution in [0.5, 0.6) is 0 Å². The molecule has 82 valence electrons. The minimum absolute atomic E-state index is 0.369. The molecular formula is C13H19NO. The van der Waals surface area contributed by atoms with Crippen LogP contribution in [-0.2, 0) is 11.2 Å². The number of Topliss-reactive ketones (excluding diaryl/α,β-unsaturated/α-hetero) is 1. The molecule has 0 saturated heterocycles. The second kappa shape index (κ2) is 6.23. The van der Waals surface area contributed by atoms with Crippen LogP contribution >= 0.6 is 0 Å². The van der Waals surface area contributed by atoms with Crippen LogP contribution in [0.4, 0.5) is 5.69 Å². The zero-order valence-electron chi connectivity index (χ0n) is 9.33. The first-order valence-electron chi connectivity index (χ1n) is 5.58. The lowest BCUT2D eigenvalue weighted by atomic mass is 10.0. The second-order valence-corrected chi connectivity index (χ2v) is 3.88. The molecule has 0 radical (unpaired) electrons. The fraction of sp³-hybridized carbons (Fsp3) is 0.462. The predicted molar refractivity (Wildman–Crippen MR) is 63.7 cm³/mol. The predicted octanol–water partition coefficient (Wildman–Crippen LogP) is 2.96. The number of carbonyl (C=O) groups is 1. The summed E-state index contributed by atoms with van der Waals surface area (Å²) in [6, 6.07) is 7.74. The molecule has 0 heterocycles. The standard InChI is InChI=1S/C13H19NO/c1-2-3-4-13(15)10-7-11-5-8-12(14)9-6-11/h5-6,8-9H,2-4,7,10,14H2,1H3. The van der Waals surface area contributed by atoms with Crippen LogP contribution in [0, 0.1) is 0 Å². The van der Waals surface area contributed by atoms with E-state index in [2.05, 4.69) is 6.92 Å². The van der Waals surface area contributed by atoms with Crippen LogP contribution in [-0.4, -0.2) is 5.78 Å². The fourth-order valence-electron chi connectivity index (χ4n) is 1.47. The van der Waals surface area contributed by atoms with Gasteiger partial charge in [0.2, 0.25) is 0 Å². The number of ketones is 1. The SMILES string of the molecule is CCCCC(=O)CCc1ccc(N)cc1. The molecule has 0 saturated carbocycles. The van der Waals surface area contributed by atoms with Crippen molar-refractivity contribution in [3.63, 3.8) is 0 Å². The number of anilines is 1. The third-order valence-electron chi connectivity index (χ3n) is 2.48. The van der Waals surface area contributed by atoms with Gasteiger partial charge in [0.15, 0.2) is 0 Å². The molecule has 0 fully saturated rings. The molecule has 1 rings (SSSR count). The minimum atomic E-state index is 0.369. The number of rotatable bonds is 6. The van der Waals surface area contributed by atoms with Gasteiger partial charge < -0.3 is 5.73 Å². The largest absolute Gasteiger partial charge is 0.399 e. The molecule has 2 heteroatoms. The number of hydrogen-bond donors (Lipinski definition) is 1. The molecule has 1 aromatic carbocycles. The average molecular weight is 205 g/mol. The van der Waals surface area contributed by atoms with Crippen molar-refractivity contribution < 1.29 is 4.79 Å². The Morgan fingerprint density at radius 2 is 1.87 bits per heavy atom. The summed E-state index contributed by atoms with van der Waals surface area (Å²) in [7, 11) is 0. The molecular weight excluding hydrogens is 186 g/mol. The topological polar surface area (TPSA) is 43.1 Å². The van der Waals surface area contributed by atoms with Gasteiger partial charge in [-0.25, -0.2) is 0 Å². The summed E-state index contributed by atoms with van der Waals surface area (Å²) in [5, 5.41) is 0. The molecule has 0 aliphatic rings. The van der Waals surface area contributed by atoms with E-state index in [0.29, 0.717) is 12.2 Å². The van der Waals surface area contributed by atoms with Gasteiger partial charge >= 0.3 is 0 Å². The Balaban J connectivity index is 2.30. The van der Waals surface area contributed by atoms with E-state index in [1.165, 1.54) is 5.56 Å². The van der Waals surface area contributed by atoms with E-state index in [9.17, 15) is 4.79 Å². The maximum absolute atomic E-state index is 11.4. The molecule has 0 unspecified atom stereocenters. The Kier molecular flexibility index (Phi) is 4.88. The molecule has 15 heavy (non-hydrogen) atoms. The van der Waals surface area contributed by atoms with E-state index in [-0.39, 0.29) is 0 Å². The highest BCUT2D eigenvalue weighted by molar-refractivity contribution is 5.78. The highest BCUT2D eigenvalue weighted by Crippen LogP contribution is 2.09. The molecule has 1 aromatic rings. The van der Waals surface area contributed by atoms with E-state index in [0.717, 1.165) is 31.4 Å². The summed E-state index contributed by atoms with van der Waals surface area (Å²) in [5.74, 6) is 0.369.